The highest BCUT2D eigenvalue weighted by Gasteiger charge is 2.27. The fraction of sp³-hybridized carbons (Fsp3) is 0.409. The van der Waals surface area contributed by atoms with Gasteiger partial charge in [-0.25, -0.2) is 8.42 Å². The summed E-state index contributed by atoms with van der Waals surface area (Å²) in [6.45, 7) is 4.04. The second kappa shape index (κ2) is 9.57. The van der Waals surface area contributed by atoms with Gasteiger partial charge in [-0.15, -0.1) is 0 Å². The molecule has 1 aliphatic heterocycles. The molecule has 1 amide bonds. The van der Waals surface area contributed by atoms with Gasteiger partial charge < -0.3 is 19.3 Å². The lowest BCUT2D eigenvalue weighted by Gasteiger charge is -2.36. The number of aryl methyl sites for hydroxylation is 1. The standard InChI is InChI=1S/C22H29N3O5S/c1-17-15-20(9-10-21(17)30-4)31(27,28)23(2)16-22(26)25-13-11-24(12-14-25)18-5-7-19(29-3)8-6-18/h5-10,15H,11-14,16H2,1-4H3. The molecule has 0 N–H and O–H groups in total. The molecule has 0 radical (unpaired) electrons. The van der Waals surface area contributed by atoms with Crippen molar-refractivity contribution < 1.29 is 22.7 Å². The van der Waals surface area contributed by atoms with Crippen molar-refractivity contribution in [2.45, 2.75) is 11.8 Å². The van der Waals surface area contributed by atoms with Gasteiger partial charge >= 0.3 is 0 Å². The van der Waals surface area contributed by atoms with Crippen molar-refractivity contribution >= 4 is 21.6 Å². The van der Waals surface area contributed by atoms with Crippen LogP contribution in [0, 0.1) is 6.92 Å². The molecule has 0 saturated carbocycles. The molecule has 8 nitrogen and oxygen atoms in total. The number of rotatable bonds is 7. The maximum Gasteiger partial charge on any atom is 0.243 e. The monoisotopic (exact) mass is 447 g/mol. The number of hydrogen-bond donors (Lipinski definition) is 0. The van der Waals surface area contributed by atoms with Crippen molar-refractivity contribution in [2.75, 3.05) is 58.9 Å². The molecule has 2 aromatic carbocycles. The Morgan fingerprint density at radius 1 is 1.00 bits per heavy atom. The topological polar surface area (TPSA) is 79.4 Å². The van der Waals surface area contributed by atoms with E-state index < -0.39 is 10.0 Å². The number of nitrogens with zero attached hydrogens (tertiary/aromatic N) is 3. The Balaban J connectivity index is 1.59. The number of anilines is 1. The molecule has 0 aromatic heterocycles. The van der Waals surface area contributed by atoms with Gasteiger partial charge in [0.15, 0.2) is 0 Å². The van der Waals surface area contributed by atoms with Crippen LogP contribution >= 0.6 is 0 Å². The number of ether oxygens (including phenoxy) is 2. The lowest BCUT2D eigenvalue weighted by atomic mass is 10.2. The number of sulfonamides is 1. The number of hydrogen-bond acceptors (Lipinski definition) is 6. The lowest BCUT2D eigenvalue weighted by molar-refractivity contribution is -0.131. The smallest absolute Gasteiger partial charge is 0.243 e. The van der Waals surface area contributed by atoms with Crippen molar-refractivity contribution in [3.05, 3.63) is 48.0 Å². The molecule has 3 rings (SSSR count). The first-order valence-electron chi connectivity index (χ1n) is 10.0. The molecule has 0 aliphatic carbocycles. The molecule has 1 fully saturated rings. The highest BCUT2D eigenvalue weighted by molar-refractivity contribution is 7.89. The zero-order valence-corrected chi connectivity index (χ0v) is 19.2. The summed E-state index contributed by atoms with van der Waals surface area (Å²) in [5.41, 5.74) is 1.79. The quantitative estimate of drug-likeness (QED) is 0.646. The van der Waals surface area contributed by atoms with Gasteiger partial charge in [0.1, 0.15) is 11.5 Å². The summed E-state index contributed by atoms with van der Waals surface area (Å²) in [7, 11) is 0.827. The van der Waals surface area contributed by atoms with Gasteiger partial charge in [0, 0.05) is 38.9 Å². The first kappa shape index (κ1) is 22.9. The largest absolute Gasteiger partial charge is 0.497 e. The number of likely N-dealkylation sites (N-methyl/N-ethyl adjacent to an activating group) is 1. The second-order valence-electron chi connectivity index (χ2n) is 7.46. The average Bonchev–Trinajstić information content (AvgIpc) is 2.79. The average molecular weight is 448 g/mol. The van der Waals surface area contributed by atoms with Crippen molar-refractivity contribution in [1.29, 1.82) is 0 Å². The molecule has 0 unspecified atom stereocenters. The highest BCUT2D eigenvalue weighted by atomic mass is 32.2. The predicted octanol–water partition coefficient (Wildman–Crippen LogP) is 1.98. The Morgan fingerprint density at radius 2 is 1.65 bits per heavy atom. The number of piperazine rings is 1. The summed E-state index contributed by atoms with van der Waals surface area (Å²) in [6.07, 6.45) is 0. The van der Waals surface area contributed by atoms with Gasteiger partial charge in [-0.2, -0.15) is 4.31 Å². The Hall–Kier alpha value is -2.78. The summed E-state index contributed by atoms with van der Waals surface area (Å²) in [4.78, 5) is 16.8. The third kappa shape index (κ3) is 5.11. The molecule has 0 bridgehead atoms. The van der Waals surface area contributed by atoms with E-state index in [1.807, 2.05) is 24.3 Å². The molecule has 0 atom stereocenters. The van der Waals surface area contributed by atoms with E-state index in [0.717, 1.165) is 21.3 Å². The summed E-state index contributed by atoms with van der Waals surface area (Å²) < 4.78 is 37.3. The highest BCUT2D eigenvalue weighted by Crippen LogP contribution is 2.24. The minimum atomic E-state index is -3.77. The molecule has 1 saturated heterocycles. The van der Waals surface area contributed by atoms with Crippen LogP contribution in [0.25, 0.3) is 0 Å². The van der Waals surface area contributed by atoms with E-state index in [1.54, 1.807) is 31.1 Å². The molecule has 168 valence electrons. The maximum atomic E-state index is 12.9. The Morgan fingerprint density at radius 3 is 2.19 bits per heavy atom. The van der Waals surface area contributed by atoms with E-state index in [9.17, 15) is 13.2 Å². The van der Waals surface area contributed by atoms with Crippen molar-refractivity contribution in [2.24, 2.45) is 0 Å². The van der Waals surface area contributed by atoms with Crippen LogP contribution in [0.2, 0.25) is 0 Å². The Bertz CT molecular complexity index is 1020. The van der Waals surface area contributed by atoms with Gasteiger partial charge in [0.25, 0.3) is 0 Å². The molecule has 1 heterocycles. The SMILES string of the molecule is COc1ccc(N2CCN(C(=O)CN(C)S(=O)(=O)c3ccc(OC)c(C)c3)CC2)cc1. The molecule has 9 heteroatoms. The minimum Gasteiger partial charge on any atom is -0.497 e. The minimum absolute atomic E-state index is 0.144. The van der Waals surface area contributed by atoms with Crippen LogP contribution in [-0.4, -0.2) is 77.5 Å². The van der Waals surface area contributed by atoms with Gasteiger partial charge in [0.2, 0.25) is 15.9 Å². The summed E-state index contributed by atoms with van der Waals surface area (Å²) >= 11 is 0. The number of carbonyl (C=O) groups is 1. The lowest BCUT2D eigenvalue weighted by Crippen LogP contribution is -2.51. The first-order valence-corrected chi connectivity index (χ1v) is 11.5. The maximum absolute atomic E-state index is 12.9. The third-order valence-corrected chi connectivity index (χ3v) is 7.30. The number of carbonyl (C=O) groups excluding carboxylic acids is 1. The van der Waals surface area contributed by atoms with E-state index in [4.69, 9.17) is 9.47 Å². The summed E-state index contributed by atoms with van der Waals surface area (Å²) in [6, 6.07) is 12.5. The van der Waals surface area contributed by atoms with Crippen molar-refractivity contribution in [3.63, 3.8) is 0 Å². The zero-order chi connectivity index (χ0) is 22.6. The van der Waals surface area contributed by atoms with Gasteiger partial charge in [0.05, 0.1) is 25.7 Å². The molecule has 1 aliphatic rings. The summed E-state index contributed by atoms with van der Waals surface area (Å²) in [5, 5.41) is 0. The van der Waals surface area contributed by atoms with E-state index >= 15 is 0 Å². The van der Waals surface area contributed by atoms with E-state index in [-0.39, 0.29) is 17.3 Å². The van der Waals surface area contributed by atoms with Crippen LogP contribution in [0.1, 0.15) is 5.56 Å². The molecule has 2 aromatic rings. The van der Waals surface area contributed by atoms with Crippen LogP contribution in [0.3, 0.4) is 0 Å². The number of benzene rings is 2. The first-order chi connectivity index (χ1) is 14.8. The van der Waals surface area contributed by atoms with Crippen molar-refractivity contribution in [3.8, 4) is 11.5 Å². The Kier molecular flexibility index (Phi) is 7.07. The van der Waals surface area contributed by atoms with E-state index in [2.05, 4.69) is 4.90 Å². The second-order valence-corrected chi connectivity index (χ2v) is 9.50. The fourth-order valence-electron chi connectivity index (χ4n) is 3.57. The van der Waals surface area contributed by atoms with Crippen LogP contribution in [0.5, 0.6) is 11.5 Å². The third-order valence-electron chi connectivity index (χ3n) is 5.50. The van der Waals surface area contributed by atoms with Crippen molar-refractivity contribution in [1.82, 2.24) is 9.21 Å². The van der Waals surface area contributed by atoms with Gasteiger partial charge in [-0.1, -0.05) is 0 Å². The zero-order valence-electron chi connectivity index (χ0n) is 18.4. The van der Waals surface area contributed by atoms with E-state index in [1.165, 1.54) is 20.2 Å². The van der Waals surface area contributed by atoms with E-state index in [0.29, 0.717) is 31.9 Å². The van der Waals surface area contributed by atoms with Crippen LogP contribution < -0.4 is 14.4 Å². The number of methoxy groups -OCH3 is 2. The van der Waals surface area contributed by atoms with Gasteiger partial charge in [-0.05, 0) is 55.0 Å². The number of amides is 1. The summed E-state index contributed by atoms with van der Waals surface area (Å²) in [5.74, 6) is 1.21. The predicted molar refractivity (Wildman–Crippen MR) is 119 cm³/mol. The fourth-order valence-corrected chi connectivity index (χ4v) is 4.78. The van der Waals surface area contributed by atoms with Crippen LogP contribution in [0.15, 0.2) is 47.4 Å². The van der Waals surface area contributed by atoms with Gasteiger partial charge in [-0.3, -0.25) is 4.79 Å². The molecule has 0 spiro atoms. The normalized spacial score (nSPS) is 14.6. The molecular weight excluding hydrogens is 418 g/mol. The Labute approximate surface area is 184 Å². The molecule has 31 heavy (non-hydrogen) atoms. The van der Waals surface area contributed by atoms with Crippen LogP contribution in [0.4, 0.5) is 5.69 Å². The molecular formula is C22H29N3O5S. The van der Waals surface area contributed by atoms with Crippen LogP contribution in [-0.2, 0) is 14.8 Å².